The number of aromatic nitrogens is 2. The fraction of sp³-hybridized carbons (Fsp3) is 0.263. The Hall–Kier alpha value is -2.82. The summed E-state index contributed by atoms with van der Waals surface area (Å²) in [4.78, 5) is 20.5. The molecule has 0 unspecified atom stereocenters. The molecule has 0 aliphatic carbocycles. The average Bonchev–Trinajstić information content (AvgIpc) is 3.02. The van der Waals surface area contributed by atoms with E-state index in [9.17, 15) is 4.79 Å². The van der Waals surface area contributed by atoms with Crippen LogP contribution in [0.1, 0.15) is 36.1 Å². The van der Waals surface area contributed by atoms with Gasteiger partial charge in [-0.15, -0.1) is 0 Å². The van der Waals surface area contributed by atoms with Crippen molar-refractivity contribution in [2.24, 2.45) is 5.92 Å². The SMILES string of the molecule is COc1cccc(C(=O)N[C@H](c2nc3ccccc3[nH]2)C(C)C)c1. The van der Waals surface area contributed by atoms with E-state index in [2.05, 4.69) is 29.1 Å². The predicted octanol–water partition coefficient (Wildman–Crippen LogP) is 3.70. The van der Waals surface area contributed by atoms with Gasteiger partial charge < -0.3 is 15.0 Å². The topological polar surface area (TPSA) is 67.0 Å². The van der Waals surface area contributed by atoms with Crippen LogP contribution in [0.15, 0.2) is 48.5 Å². The number of hydrogen-bond acceptors (Lipinski definition) is 3. The second kappa shape index (κ2) is 6.74. The van der Waals surface area contributed by atoms with Crippen molar-refractivity contribution in [1.82, 2.24) is 15.3 Å². The van der Waals surface area contributed by atoms with E-state index < -0.39 is 0 Å². The number of para-hydroxylation sites is 2. The second-order valence-corrected chi connectivity index (χ2v) is 6.07. The molecule has 0 spiro atoms. The molecule has 24 heavy (non-hydrogen) atoms. The molecule has 0 aliphatic rings. The molecule has 1 atom stereocenters. The Kier molecular flexibility index (Phi) is 4.51. The molecular formula is C19H21N3O2. The molecule has 0 aliphatic heterocycles. The zero-order valence-electron chi connectivity index (χ0n) is 14.0. The number of hydrogen-bond donors (Lipinski definition) is 2. The first kappa shape index (κ1) is 16.1. The molecule has 2 aromatic carbocycles. The lowest BCUT2D eigenvalue weighted by atomic mass is 10.0. The molecule has 1 amide bonds. The summed E-state index contributed by atoms with van der Waals surface area (Å²) in [6.07, 6.45) is 0. The molecule has 0 radical (unpaired) electrons. The van der Waals surface area contributed by atoms with Gasteiger partial charge in [0.05, 0.1) is 24.2 Å². The average molecular weight is 323 g/mol. The smallest absolute Gasteiger partial charge is 0.252 e. The summed E-state index contributed by atoms with van der Waals surface area (Å²) in [6, 6.07) is 14.8. The number of rotatable bonds is 5. The molecule has 5 nitrogen and oxygen atoms in total. The predicted molar refractivity (Wildman–Crippen MR) is 94.1 cm³/mol. The zero-order chi connectivity index (χ0) is 17.1. The normalized spacial score (nSPS) is 12.3. The van der Waals surface area contributed by atoms with E-state index in [-0.39, 0.29) is 17.9 Å². The fourth-order valence-corrected chi connectivity index (χ4v) is 2.66. The molecule has 2 N–H and O–H groups in total. The van der Waals surface area contributed by atoms with Gasteiger partial charge in [-0.2, -0.15) is 0 Å². The van der Waals surface area contributed by atoms with Crippen LogP contribution in [-0.2, 0) is 0 Å². The molecule has 1 heterocycles. The summed E-state index contributed by atoms with van der Waals surface area (Å²) in [5, 5.41) is 3.07. The fourth-order valence-electron chi connectivity index (χ4n) is 2.66. The van der Waals surface area contributed by atoms with Gasteiger partial charge in [0.1, 0.15) is 11.6 Å². The van der Waals surface area contributed by atoms with Gasteiger partial charge in [0.25, 0.3) is 5.91 Å². The summed E-state index contributed by atoms with van der Waals surface area (Å²) in [7, 11) is 1.59. The van der Waals surface area contributed by atoms with Crippen LogP contribution in [0.25, 0.3) is 11.0 Å². The Morgan fingerprint density at radius 1 is 1.17 bits per heavy atom. The van der Waals surface area contributed by atoms with Crippen LogP contribution in [0.5, 0.6) is 5.75 Å². The van der Waals surface area contributed by atoms with Crippen molar-refractivity contribution in [3.8, 4) is 5.75 Å². The molecule has 124 valence electrons. The highest BCUT2D eigenvalue weighted by Crippen LogP contribution is 2.23. The van der Waals surface area contributed by atoms with Crippen LogP contribution < -0.4 is 10.1 Å². The molecule has 0 fully saturated rings. The number of nitrogens with zero attached hydrogens (tertiary/aromatic N) is 1. The Bertz CT molecular complexity index is 821. The van der Waals surface area contributed by atoms with E-state index in [1.807, 2.05) is 30.3 Å². The summed E-state index contributed by atoms with van der Waals surface area (Å²) >= 11 is 0. The summed E-state index contributed by atoms with van der Waals surface area (Å²) in [5.74, 6) is 1.48. The van der Waals surface area contributed by atoms with Gasteiger partial charge in [0, 0.05) is 5.56 Å². The van der Waals surface area contributed by atoms with Crippen LogP contribution in [0.3, 0.4) is 0 Å². The molecular weight excluding hydrogens is 302 g/mol. The summed E-state index contributed by atoms with van der Waals surface area (Å²) in [5.41, 5.74) is 2.43. The van der Waals surface area contributed by atoms with Gasteiger partial charge in [0.2, 0.25) is 0 Å². The van der Waals surface area contributed by atoms with Crippen molar-refractivity contribution in [2.75, 3.05) is 7.11 Å². The van der Waals surface area contributed by atoms with E-state index in [1.54, 1.807) is 25.3 Å². The largest absolute Gasteiger partial charge is 0.497 e. The molecule has 5 heteroatoms. The minimum atomic E-state index is -0.198. The van der Waals surface area contributed by atoms with E-state index in [4.69, 9.17) is 4.74 Å². The van der Waals surface area contributed by atoms with Crippen LogP contribution in [0, 0.1) is 5.92 Å². The Balaban J connectivity index is 1.87. The molecule has 1 aromatic heterocycles. The third-order valence-electron chi connectivity index (χ3n) is 3.99. The zero-order valence-corrected chi connectivity index (χ0v) is 14.0. The first-order chi connectivity index (χ1) is 11.6. The minimum absolute atomic E-state index is 0.145. The highest BCUT2D eigenvalue weighted by atomic mass is 16.5. The van der Waals surface area contributed by atoms with Gasteiger partial charge in [-0.05, 0) is 36.2 Å². The number of nitrogens with one attached hydrogen (secondary N) is 2. The van der Waals surface area contributed by atoms with Gasteiger partial charge in [0.15, 0.2) is 0 Å². The van der Waals surface area contributed by atoms with Crippen molar-refractivity contribution < 1.29 is 9.53 Å². The lowest BCUT2D eigenvalue weighted by Crippen LogP contribution is -2.32. The number of H-pyrrole nitrogens is 1. The number of carbonyl (C=O) groups excluding carboxylic acids is 1. The number of ether oxygens (including phenoxy) is 1. The Labute approximate surface area is 141 Å². The maximum absolute atomic E-state index is 12.6. The number of benzene rings is 2. The number of aromatic amines is 1. The lowest BCUT2D eigenvalue weighted by molar-refractivity contribution is 0.0923. The molecule has 3 rings (SSSR count). The van der Waals surface area contributed by atoms with Crippen molar-refractivity contribution in [2.45, 2.75) is 19.9 Å². The van der Waals surface area contributed by atoms with E-state index in [0.717, 1.165) is 16.9 Å². The maximum Gasteiger partial charge on any atom is 0.252 e. The summed E-state index contributed by atoms with van der Waals surface area (Å²) < 4.78 is 5.18. The number of fused-ring (bicyclic) bond motifs is 1. The Morgan fingerprint density at radius 3 is 2.67 bits per heavy atom. The van der Waals surface area contributed by atoms with E-state index in [1.165, 1.54) is 0 Å². The van der Waals surface area contributed by atoms with E-state index >= 15 is 0 Å². The van der Waals surface area contributed by atoms with Crippen LogP contribution in [0.2, 0.25) is 0 Å². The number of imidazole rings is 1. The molecule has 0 bridgehead atoms. The van der Waals surface area contributed by atoms with Crippen molar-refractivity contribution in [3.05, 3.63) is 59.9 Å². The van der Waals surface area contributed by atoms with Gasteiger partial charge in [-0.1, -0.05) is 32.0 Å². The second-order valence-electron chi connectivity index (χ2n) is 6.07. The maximum atomic E-state index is 12.6. The minimum Gasteiger partial charge on any atom is -0.497 e. The van der Waals surface area contributed by atoms with Crippen LogP contribution >= 0.6 is 0 Å². The summed E-state index contributed by atoms with van der Waals surface area (Å²) in [6.45, 7) is 4.12. The first-order valence-electron chi connectivity index (χ1n) is 7.98. The van der Waals surface area contributed by atoms with Gasteiger partial charge in [-0.3, -0.25) is 4.79 Å². The first-order valence-corrected chi connectivity index (χ1v) is 7.98. The third kappa shape index (κ3) is 3.25. The molecule has 3 aromatic rings. The highest BCUT2D eigenvalue weighted by molar-refractivity contribution is 5.94. The Morgan fingerprint density at radius 2 is 1.96 bits per heavy atom. The van der Waals surface area contributed by atoms with Gasteiger partial charge >= 0.3 is 0 Å². The van der Waals surface area contributed by atoms with Gasteiger partial charge in [-0.25, -0.2) is 4.98 Å². The van der Waals surface area contributed by atoms with Crippen molar-refractivity contribution >= 4 is 16.9 Å². The standard InChI is InChI=1S/C19H21N3O2/c1-12(2)17(18-20-15-9-4-5-10-16(15)21-18)22-19(23)13-7-6-8-14(11-13)24-3/h4-12,17H,1-3H3,(H,20,21)(H,22,23)/t17-/m0/s1. The lowest BCUT2D eigenvalue weighted by Gasteiger charge is -2.20. The molecule has 0 saturated carbocycles. The molecule has 0 saturated heterocycles. The number of carbonyl (C=O) groups is 1. The quantitative estimate of drug-likeness (QED) is 0.752. The number of amides is 1. The van der Waals surface area contributed by atoms with E-state index in [0.29, 0.717) is 11.3 Å². The van der Waals surface area contributed by atoms with Crippen molar-refractivity contribution in [1.29, 1.82) is 0 Å². The van der Waals surface area contributed by atoms with Crippen molar-refractivity contribution in [3.63, 3.8) is 0 Å². The third-order valence-corrected chi connectivity index (χ3v) is 3.99. The highest BCUT2D eigenvalue weighted by Gasteiger charge is 2.22. The van der Waals surface area contributed by atoms with Crippen LogP contribution in [-0.4, -0.2) is 23.0 Å². The number of methoxy groups -OCH3 is 1. The monoisotopic (exact) mass is 323 g/mol. The van der Waals surface area contributed by atoms with Crippen LogP contribution in [0.4, 0.5) is 0 Å².